The summed E-state index contributed by atoms with van der Waals surface area (Å²) in [6.07, 6.45) is 1.61. The third-order valence-electron chi connectivity index (χ3n) is 3.88. The molecule has 0 bridgehead atoms. The van der Waals surface area contributed by atoms with Crippen molar-refractivity contribution in [1.82, 2.24) is 4.98 Å². The van der Waals surface area contributed by atoms with E-state index in [1.54, 1.807) is 25.4 Å². The highest BCUT2D eigenvalue weighted by molar-refractivity contribution is 6.05. The van der Waals surface area contributed by atoms with Gasteiger partial charge in [0.15, 0.2) is 0 Å². The number of nitrogens with zero attached hydrogens (tertiary/aromatic N) is 1. The van der Waals surface area contributed by atoms with Crippen LogP contribution in [0.25, 0.3) is 0 Å². The summed E-state index contributed by atoms with van der Waals surface area (Å²) in [5.74, 6) is 1.75. The van der Waals surface area contributed by atoms with Gasteiger partial charge in [-0.05, 0) is 62.4 Å². The largest absolute Gasteiger partial charge is 0.497 e. The van der Waals surface area contributed by atoms with E-state index < -0.39 is 0 Å². The first-order valence-corrected chi connectivity index (χ1v) is 8.99. The molecule has 0 saturated carbocycles. The predicted octanol–water partition coefficient (Wildman–Crippen LogP) is 4.87. The van der Waals surface area contributed by atoms with Crippen molar-refractivity contribution in [2.45, 2.75) is 20.0 Å². The van der Waals surface area contributed by atoms with Crippen LogP contribution in [0.1, 0.15) is 24.2 Å². The number of carbonyl (C=O) groups excluding carboxylic acids is 1. The Hall–Kier alpha value is -3.54. The SMILES string of the molecule is COc1ccc(Nc2cc(C(=O)Nc3ccccc3OC(C)C)ccn2)cc1. The number of nitrogens with one attached hydrogen (secondary N) is 2. The average Bonchev–Trinajstić information content (AvgIpc) is 2.70. The lowest BCUT2D eigenvalue weighted by atomic mass is 10.2. The van der Waals surface area contributed by atoms with Crippen molar-refractivity contribution < 1.29 is 14.3 Å². The molecule has 144 valence electrons. The van der Waals surface area contributed by atoms with E-state index >= 15 is 0 Å². The molecular formula is C22H23N3O3. The van der Waals surface area contributed by atoms with E-state index in [0.29, 0.717) is 22.8 Å². The van der Waals surface area contributed by atoms with E-state index in [-0.39, 0.29) is 12.0 Å². The van der Waals surface area contributed by atoms with Gasteiger partial charge in [-0.3, -0.25) is 4.79 Å². The van der Waals surface area contributed by atoms with E-state index in [0.717, 1.165) is 11.4 Å². The summed E-state index contributed by atoms with van der Waals surface area (Å²) in [4.78, 5) is 17.0. The predicted molar refractivity (Wildman–Crippen MR) is 111 cm³/mol. The summed E-state index contributed by atoms with van der Waals surface area (Å²) in [7, 11) is 1.62. The first-order valence-electron chi connectivity index (χ1n) is 8.99. The molecule has 0 saturated heterocycles. The minimum atomic E-state index is -0.236. The van der Waals surface area contributed by atoms with Gasteiger partial charge in [0, 0.05) is 17.4 Å². The fourth-order valence-corrected chi connectivity index (χ4v) is 2.58. The van der Waals surface area contributed by atoms with Crippen molar-refractivity contribution in [3.63, 3.8) is 0 Å². The molecule has 0 spiro atoms. The van der Waals surface area contributed by atoms with Gasteiger partial charge in [-0.1, -0.05) is 12.1 Å². The molecule has 2 aromatic carbocycles. The van der Waals surface area contributed by atoms with Crippen LogP contribution in [0.15, 0.2) is 66.9 Å². The van der Waals surface area contributed by atoms with E-state index in [9.17, 15) is 4.79 Å². The van der Waals surface area contributed by atoms with Crippen molar-refractivity contribution in [3.8, 4) is 11.5 Å². The maximum Gasteiger partial charge on any atom is 0.255 e. The Bertz CT molecular complexity index is 940. The molecule has 0 aliphatic carbocycles. The minimum absolute atomic E-state index is 0.0132. The molecule has 1 aromatic heterocycles. The standard InChI is InChI=1S/C22H23N3O3/c1-15(2)28-20-7-5-4-6-19(20)25-22(26)16-12-13-23-21(14-16)24-17-8-10-18(27-3)11-9-17/h4-15H,1-3H3,(H,23,24)(H,25,26). The summed E-state index contributed by atoms with van der Waals surface area (Å²) in [5.41, 5.74) is 1.97. The second-order valence-corrected chi connectivity index (χ2v) is 6.40. The van der Waals surface area contributed by atoms with Crippen LogP contribution < -0.4 is 20.1 Å². The Morgan fingerprint density at radius 1 is 1.04 bits per heavy atom. The maximum atomic E-state index is 12.7. The lowest BCUT2D eigenvalue weighted by molar-refractivity contribution is 0.102. The molecule has 6 heteroatoms. The summed E-state index contributed by atoms with van der Waals surface area (Å²) in [6, 6.07) is 18.2. The molecule has 3 rings (SSSR count). The van der Waals surface area contributed by atoms with Crippen molar-refractivity contribution in [2.75, 3.05) is 17.7 Å². The van der Waals surface area contributed by atoms with E-state index in [4.69, 9.17) is 9.47 Å². The maximum absolute atomic E-state index is 12.7. The van der Waals surface area contributed by atoms with Gasteiger partial charge in [-0.2, -0.15) is 0 Å². The highest BCUT2D eigenvalue weighted by atomic mass is 16.5. The number of methoxy groups -OCH3 is 1. The Kier molecular flexibility index (Phi) is 6.11. The second kappa shape index (κ2) is 8.90. The van der Waals surface area contributed by atoms with Gasteiger partial charge < -0.3 is 20.1 Å². The molecule has 28 heavy (non-hydrogen) atoms. The van der Waals surface area contributed by atoms with Crippen LogP contribution in [0, 0.1) is 0 Å². The van der Waals surface area contributed by atoms with Crippen LogP contribution in [-0.2, 0) is 0 Å². The molecule has 1 heterocycles. The van der Waals surface area contributed by atoms with Gasteiger partial charge in [0.25, 0.3) is 5.91 Å². The number of anilines is 3. The molecule has 0 atom stereocenters. The summed E-state index contributed by atoms with van der Waals surface area (Å²) >= 11 is 0. The highest BCUT2D eigenvalue weighted by Crippen LogP contribution is 2.26. The molecule has 3 aromatic rings. The van der Waals surface area contributed by atoms with Crippen molar-refractivity contribution in [2.24, 2.45) is 0 Å². The monoisotopic (exact) mass is 377 g/mol. The first kappa shape index (κ1) is 19.2. The van der Waals surface area contributed by atoms with Crippen LogP contribution in [0.2, 0.25) is 0 Å². The molecule has 0 aliphatic rings. The minimum Gasteiger partial charge on any atom is -0.497 e. The molecule has 1 amide bonds. The van der Waals surface area contributed by atoms with Crippen molar-refractivity contribution in [1.29, 1.82) is 0 Å². The molecular weight excluding hydrogens is 354 g/mol. The Morgan fingerprint density at radius 2 is 1.79 bits per heavy atom. The summed E-state index contributed by atoms with van der Waals surface area (Å²) in [5, 5.41) is 6.08. The number of para-hydroxylation sites is 2. The van der Waals surface area contributed by atoms with Crippen molar-refractivity contribution in [3.05, 3.63) is 72.4 Å². The first-order chi connectivity index (χ1) is 13.5. The van der Waals surface area contributed by atoms with Gasteiger partial charge in [0.05, 0.1) is 18.9 Å². The molecule has 0 unspecified atom stereocenters. The van der Waals surface area contributed by atoms with Crippen molar-refractivity contribution >= 4 is 23.1 Å². The van der Waals surface area contributed by atoms with Crippen LogP contribution in [0.4, 0.5) is 17.2 Å². The molecule has 2 N–H and O–H groups in total. The highest BCUT2D eigenvalue weighted by Gasteiger charge is 2.11. The quantitative estimate of drug-likeness (QED) is 0.614. The number of aromatic nitrogens is 1. The van der Waals surface area contributed by atoms with Gasteiger partial charge in [-0.15, -0.1) is 0 Å². The second-order valence-electron chi connectivity index (χ2n) is 6.40. The van der Waals surface area contributed by atoms with Crippen LogP contribution in [-0.4, -0.2) is 24.1 Å². The number of carbonyl (C=O) groups is 1. The van der Waals surface area contributed by atoms with Gasteiger partial charge >= 0.3 is 0 Å². The summed E-state index contributed by atoms with van der Waals surface area (Å²) < 4.78 is 10.9. The zero-order valence-corrected chi connectivity index (χ0v) is 16.1. The fourth-order valence-electron chi connectivity index (χ4n) is 2.58. The Labute approximate surface area is 164 Å². The van der Waals surface area contributed by atoms with E-state index in [1.807, 2.05) is 62.4 Å². The molecule has 0 aliphatic heterocycles. The normalized spacial score (nSPS) is 10.4. The zero-order valence-electron chi connectivity index (χ0n) is 16.1. The number of ether oxygens (including phenoxy) is 2. The van der Waals surface area contributed by atoms with E-state index in [2.05, 4.69) is 15.6 Å². The van der Waals surface area contributed by atoms with Crippen LogP contribution in [0.5, 0.6) is 11.5 Å². The molecule has 6 nitrogen and oxygen atoms in total. The van der Waals surface area contributed by atoms with Gasteiger partial charge in [0.1, 0.15) is 17.3 Å². The Morgan fingerprint density at radius 3 is 2.50 bits per heavy atom. The number of amides is 1. The molecule has 0 fully saturated rings. The number of benzene rings is 2. The fraction of sp³-hybridized carbons (Fsp3) is 0.182. The molecule has 0 radical (unpaired) electrons. The lowest BCUT2D eigenvalue weighted by Crippen LogP contribution is -2.14. The van der Waals surface area contributed by atoms with Gasteiger partial charge in [-0.25, -0.2) is 4.98 Å². The van der Waals surface area contributed by atoms with Crippen LogP contribution >= 0.6 is 0 Å². The third kappa shape index (κ3) is 5.01. The smallest absolute Gasteiger partial charge is 0.255 e. The summed E-state index contributed by atoms with van der Waals surface area (Å²) in [6.45, 7) is 3.89. The Balaban J connectivity index is 1.73. The zero-order chi connectivity index (χ0) is 19.9. The van der Waals surface area contributed by atoms with Crippen LogP contribution in [0.3, 0.4) is 0 Å². The lowest BCUT2D eigenvalue weighted by Gasteiger charge is -2.15. The number of rotatable bonds is 7. The van der Waals surface area contributed by atoms with Gasteiger partial charge in [0.2, 0.25) is 0 Å². The van der Waals surface area contributed by atoms with E-state index in [1.165, 1.54) is 0 Å². The number of hydrogen-bond donors (Lipinski definition) is 2. The topological polar surface area (TPSA) is 72.5 Å². The third-order valence-corrected chi connectivity index (χ3v) is 3.88. The number of pyridine rings is 1. The number of hydrogen-bond acceptors (Lipinski definition) is 5. The average molecular weight is 377 g/mol.